The van der Waals surface area contributed by atoms with Gasteiger partial charge in [0.2, 0.25) is 0 Å². The van der Waals surface area contributed by atoms with Crippen LogP contribution in [-0.2, 0) is 4.74 Å². The molecule has 2 rings (SSSR count). The molecule has 1 unspecified atom stereocenters. The van der Waals surface area contributed by atoms with Crippen LogP contribution in [0.3, 0.4) is 0 Å². The first kappa shape index (κ1) is 10.4. The third-order valence-electron chi connectivity index (χ3n) is 2.10. The Kier molecular flexibility index (Phi) is 3.43. The molecule has 78 valence electrons. The number of rotatable bonds is 2. The number of thiophene rings is 1. The molecule has 5 heteroatoms. The first-order chi connectivity index (χ1) is 6.81. The van der Waals surface area contributed by atoms with E-state index in [1.54, 1.807) is 18.4 Å². The highest BCUT2D eigenvalue weighted by molar-refractivity contribution is 9.10. The number of methoxy groups -OCH3 is 1. The Hall–Kier alpha value is -0.100. The van der Waals surface area contributed by atoms with Gasteiger partial charge in [0.25, 0.3) is 0 Å². The molecular weight excluding hydrogens is 266 g/mol. The summed E-state index contributed by atoms with van der Waals surface area (Å²) in [5.41, 5.74) is 0. The van der Waals surface area contributed by atoms with E-state index < -0.39 is 0 Å². The summed E-state index contributed by atoms with van der Waals surface area (Å²) in [4.78, 5) is 1.21. The van der Waals surface area contributed by atoms with Crippen LogP contribution in [0, 0.1) is 0 Å². The Bertz CT molecular complexity index is 310. The van der Waals surface area contributed by atoms with Crippen molar-refractivity contribution in [1.29, 1.82) is 0 Å². The van der Waals surface area contributed by atoms with Crippen molar-refractivity contribution in [2.75, 3.05) is 26.8 Å². The normalized spacial score (nSPS) is 22.3. The van der Waals surface area contributed by atoms with E-state index in [1.807, 2.05) is 0 Å². The smallest absolute Gasteiger partial charge is 0.188 e. The molecule has 0 aliphatic carbocycles. The van der Waals surface area contributed by atoms with Crippen LogP contribution in [0.25, 0.3) is 0 Å². The van der Waals surface area contributed by atoms with Gasteiger partial charge in [0.1, 0.15) is 6.10 Å². The third kappa shape index (κ3) is 2.11. The van der Waals surface area contributed by atoms with Gasteiger partial charge in [-0.1, -0.05) is 0 Å². The number of hydrogen-bond donors (Lipinski definition) is 1. The van der Waals surface area contributed by atoms with E-state index in [-0.39, 0.29) is 6.10 Å². The minimum atomic E-state index is 0.175. The van der Waals surface area contributed by atoms with Crippen LogP contribution in [0.5, 0.6) is 5.06 Å². The minimum absolute atomic E-state index is 0.175. The maximum atomic E-state index is 5.65. The molecule has 1 aromatic heterocycles. The van der Waals surface area contributed by atoms with Crippen LogP contribution >= 0.6 is 27.3 Å². The van der Waals surface area contributed by atoms with Crippen LogP contribution in [0.4, 0.5) is 0 Å². The second-order valence-corrected chi connectivity index (χ2v) is 4.95. The van der Waals surface area contributed by atoms with Crippen molar-refractivity contribution in [3.05, 3.63) is 15.4 Å². The fourth-order valence-electron chi connectivity index (χ4n) is 1.42. The Morgan fingerprint density at radius 2 is 2.57 bits per heavy atom. The Morgan fingerprint density at radius 1 is 1.71 bits per heavy atom. The number of ether oxygens (including phenoxy) is 2. The zero-order valence-corrected chi connectivity index (χ0v) is 10.3. The van der Waals surface area contributed by atoms with E-state index in [1.165, 1.54) is 4.88 Å². The van der Waals surface area contributed by atoms with Crippen LogP contribution in [0.1, 0.15) is 11.0 Å². The average Bonchev–Trinajstić information content (AvgIpc) is 2.61. The molecular formula is C9H12BrNO2S. The van der Waals surface area contributed by atoms with E-state index in [4.69, 9.17) is 9.47 Å². The van der Waals surface area contributed by atoms with Crippen molar-refractivity contribution in [2.45, 2.75) is 6.10 Å². The lowest BCUT2D eigenvalue weighted by Gasteiger charge is -2.22. The molecule has 14 heavy (non-hydrogen) atoms. The van der Waals surface area contributed by atoms with Crippen molar-refractivity contribution in [1.82, 2.24) is 5.32 Å². The topological polar surface area (TPSA) is 30.5 Å². The Morgan fingerprint density at radius 3 is 3.14 bits per heavy atom. The Labute approximate surface area is 95.5 Å². The Balaban J connectivity index is 2.14. The summed E-state index contributed by atoms with van der Waals surface area (Å²) in [6.07, 6.45) is 0.175. The lowest BCUT2D eigenvalue weighted by molar-refractivity contribution is 0.0299. The number of nitrogens with one attached hydrogen (secondary N) is 1. The third-order valence-corrected chi connectivity index (χ3v) is 4.14. The standard InChI is InChI=1S/C9H12BrNO2S/c1-12-9-6(10)4-8(14-9)7-5-11-2-3-13-7/h4,7,11H,2-3,5H2,1H3. The first-order valence-electron chi connectivity index (χ1n) is 4.47. The lowest BCUT2D eigenvalue weighted by atomic mass is 10.2. The van der Waals surface area contributed by atoms with Crippen LogP contribution in [0.15, 0.2) is 10.5 Å². The number of morpholine rings is 1. The van der Waals surface area contributed by atoms with Gasteiger partial charge in [-0.2, -0.15) is 0 Å². The van der Waals surface area contributed by atoms with Crippen molar-refractivity contribution >= 4 is 27.3 Å². The van der Waals surface area contributed by atoms with E-state index in [0.29, 0.717) is 0 Å². The van der Waals surface area contributed by atoms with Gasteiger partial charge >= 0.3 is 0 Å². The molecule has 0 saturated carbocycles. The molecule has 1 atom stereocenters. The van der Waals surface area contributed by atoms with E-state index in [9.17, 15) is 0 Å². The summed E-state index contributed by atoms with van der Waals surface area (Å²) < 4.78 is 11.9. The predicted octanol–water partition coefficient (Wildman–Crippen LogP) is 2.18. The lowest BCUT2D eigenvalue weighted by Crippen LogP contribution is -2.32. The molecule has 1 N–H and O–H groups in total. The summed E-state index contributed by atoms with van der Waals surface area (Å²) in [5, 5.41) is 4.22. The van der Waals surface area contributed by atoms with Gasteiger partial charge in [0.15, 0.2) is 5.06 Å². The zero-order chi connectivity index (χ0) is 9.97. The van der Waals surface area contributed by atoms with E-state index in [0.717, 1.165) is 29.2 Å². The molecule has 3 nitrogen and oxygen atoms in total. The predicted molar refractivity (Wildman–Crippen MR) is 60.1 cm³/mol. The molecule has 1 fully saturated rings. The molecule has 1 aliphatic heterocycles. The molecule has 2 heterocycles. The molecule has 0 spiro atoms. The minimum Gasteiger partial charge on any atom is -0.486 e. The fourth-order valence-corrected chi connectivity index (χ4v) is 3.13. The maximum Gasteiger partial charge on any atom is 0.188 e. The molecule has 0 amide bonds. The van der Waals surface area contributed by atoms with Crippen LogP contribution in [-0.4, -0.2) is 26.8 Å². The van der Waals surface area contributed by atoms with Gasteiger partial charge in [-0.05, 0) is 22.0 Å². The van der Waals surface area contributed by atoms with E-state index in [2.05, 4.69) is 27.3 Å². The van der Waals surface area contributed by atoms with E-state index >= 15 is 0 Å². The van der Waals surface area contributed by atoms with Crippen molar-refractivity contribution in [3.8, 4) is 5.06 Å². The SMILES string of the molecule is COc1sc(C2CNCCO2)cc1Br. The molecule has 1 saturated heterocycles. The highest BCUT2D eigenvalue weighted by Crippen LogP contribution is 2.38. The molecule has 0 aromatic carbocycles. The summed E-state index contributed by atoms with van der Waals surface area (Å²) in [5.74, 6) is 0. The van der Waals surface area contributed by atoms with Gasteiger partial charge in [-0.15, -0.1) is 11.3 Å². The van der Waals surface area contributed by atoms with Gasteiger partial charge < -0.3 is 14.8 Å². The summed E-state index contributed by atoms with van der Waals surface area (Å²) >= 11 is 5.09. The van der Waals surface area contributed by atoms with Gasteiger partial charge in [-0.25, -0.2) is 0 Å². The zero-order valence-electron chi connectivity index (χ0n) is 7.88. The van der Waals surface area contributed by atoms with Gasteiger partial charge in [0, 0.05) is 18.0 Å². The summed E-state index contributed by atoms with van der Waals surface area (Å²) in [6, 6.07) is 2.07. The van der Waals surface area contributed by atoms with Gasteiger partial charge in [0.05, 0.1) is 18.2 Å². The molecule has 1 aromatic rings. The van der Waals surface area contributed by atoms with Crippen molar-refractivity contribution in [2.24, 2.45) is 0 Å². The van der Waals surface area contributed by atoms with Crippen molar-refractivity contribution < 1.29 is 9.47 Å². The fraction of sp³-hybridized carbons (Fsp3) is 0.556. The van der Waals surface area contributed by atoms with Gasteiger partial charge in [-0.3, -0.25) is 0 Å². The van der Waals surface area contributed by atoms with Crippen LogP contribution < -0.4 is 10.1 Å². The number of hydrogen-bond acceptors (Lipinski definition) is 4. The first-order valence-corrected chi connectivity index (χ1v) is 6.07. The summed E-state index contributed by atoms with van der Waals surface area (Å²) in [6.45, 7) is 2.61. The second kappa shape index (κ2) is 4.61. The highest BCUT2D eigenvalue weighted by Gasteiger charge is 2.19. The quantitative estimate of drug-likeness (QED) is 0.899. The van der Waals surface area contributed by atoms with Crippen molar-refractivity contribution in [3.63, 3.8) is 0 Å². The monoisotopic (exact) mass is 277 g/mol. The number of halogens is 1. The molecule has 1 aliphatic rings. The maximum absolute atomic E-state index is 5.65. The summed E-state index contributed by atoms with van der Waals surface area (Å²) in [7, 11) is 1.68. The molecule has 0 radical (unpaired) electrons. The second-order valence-electron chi connectivity index (χ2n) is 3.05. The molecule has 0 bridgehead atoms. The van der Waals surface area contributed by atoms with Crippen LogP contribution in [0.2, 0.25) is 0 Å². The highest BCUT2D eigenvalue weighted by atomic mass is 79.9. The average molecular weight is 278 g/mol. The largest absolute Gasteiger partial charge is 0.486 e.